The van der Waals surface area contributed by atoms with Crippen molar-refractivity contribution in [3.8, 4) is 0 Å². The maximum Gasteiger partial charge on any atom is 0.193 e. The van der Waals surface area contributed by atoms with Crippen LogP contribution in [0.4, 0.5) is 0 Å². The van der Waals surface area contributed by atoms with Gasteiger partial charge >= 0.3 is 0 Å². The Morgan fingerprint density at radius 1 is 1.38 bits per heavy atom. The fraction of sp³-hybridized carbons (Fsp3) is 0.789. The van der Waals surface area contributed by atoms with Gasteiger partial charge in [0.25, 0.3) is 0 Å². The monoisotopic (exact) mass is 333 g/mol. The lowest BCUT2D eigenvalue weighted by Crippen LogP contribution is -2.42. The molecule has 5 nitrogen and oxygen atoms in total. The van der Waals surface area contributed by atoms with E-state index >= 15 is 0 Å². The molecule has 0 radical (unpaired) electrons. The smallest absolute Gasteiger partial charge is 0.193 e. The Bertz CT molecular complexity index is 500. The number of hydrogen-bond donors (Lipinski definition) is 1. The van der Waals surface area contributed by atoms with Gasteiger partial charge in [-0.1, -0.05) is 19.8 Å². The highest BCUT2D eigenvalue weighted by molar-refractivity contribution is 5.79. The Labute approximate surface area is 147 Å². The minimum absolute atomic E-state index is 0.824. The lowest BCUT2D eigenvalue weighted by molar-refractivity contribution is 0.250. The van der Waals surface area contributed by atoms with Crippen molar-refractivity contribution in [2.24, 2.45) is 23.9 Å². The van der Waals surface area contributed by atoms with Crippen LogP contribution in [0.1, 0.15) is 51.5 Å². The Morgan fingerprint density at radius 3 is 2.75 bits per heavy atom. The van der Waals surface area contributed by atoms with Crippen molar-refractivity contribution >= 4 is 5.96 Å². The molecule has 0 spiro atoms. The zero-order valence-corrected chi connectivity index (χ0v) is 16.0. The van der Waals surface area contributed by atoms with Crippen LogP contribution in [0.2, 0.25) is 0 Å². The van der Waals surface area contributed by atoms with Gasteiger partial charge in [-0.25, -0.2) is 0 Å². The highest BCUT2D eigenvalue weighted by Gasteiger charge is 2.20. The molecule has 0 saturated heterocycles. The first-order chi connectivity index (χ1) is 11.6. The van der Waals surface area contributed by atoms with Gasteiger partial charge < -0.3 is 10.2 Å². The summed E-state index contributed by atoms with van der Waals surface area (Å²) in [5.74, 6) is 2.80. The lowest BCUT2D eigenvalue weighted by atomic mass is 9.83. The molecule has 136 valence electrons. The van der Waals surface area contributed by atoms with E-state index < -0.39 is 0 Å². The van der Waals surface area contributed by atoms with Crippen molar-refractivity contribution in [3.63, 3.8) is 0 Å². The molecule has 0 bridgehead atoms. The number of rotatable bonds is 7. The molecule has 1 aromatic rings. The average Bonchev–Trinajstić information content (AvgIpc) is 2.98. The fourth-order valence-corrected chi connectivity index (χ4v) is 3.52. The highest BCUT2D eigenvalue weighted by Crippen LogP contribution is 2.28. The summed E-state index contributed by atoms with van der Waals surface area (Å²) in [4.78, 5) is 7.15. The fourth-order valence-electron chi connectivity index (χ4n) is 3.52. The van der Waals surface area contributed by atoms with Crippen molar-refractivity contribution in [2.75, 3.05) is 26.7 Å². The lowest BCUT2D eigenvalue weighted by Gasteiger charge is -2.31. The molecule has 1 heterocycles. The number of hydrogen-bond acceptors (Lipinski definition) is 2. The van der Waals surface area contributed by atoms with Gasteiger partial charge in [0.1, 0.15) is 0 Å². The summed E-state index contributed by atoms with van der Waals surface area (Å²) in [6.45, 7) is 7.44. The standard InChI is InChI=1S/C19H35N5/c1-5-20-19(21-12-6-7-18-13-22-24(4)15-18)23(3)14-17-10-8-16(2)9-11-17/h13,15-17H,5-12,14H2,1-4H3,(H,20,21). The van der Waals surface area contributed by atoms with Gasteiger partial charge in [-0.05, 0) is 50.0 Å². The van der Waals surface area contributed by atoms with Gasteiger partial charge in [0, 0.05) is 39.9 Å². The van der Waals surface area contributed by atoms with E-state index in [0.29, 0.717) is 0 Å². The summed E-state index contributed by atoms with van der Waals surface area (Å²) in [5, 5.41) is 7.66. The maximum absolute atomic E-state index is 4.82. The summed E-state index contributed by atoms with van der Waals surface area (Å²) in [6.07, 6.45) is 11.7. The quantitative estimate of drug-likeness (QED) is 0.474. The van der Waals surface area contributed by atoms with E-state index in [9.17, 15) is 0 Å². The number of nitrogens with zero attached hydrogens (tertiary/aromatic N) is 4. The van der Waals surface area contributed by atoms with Gasteiger partial charge in [0.2, 0.25) is 0 Å². The molecule has 0 unspecified atom stereocenters. The predicted octanol–water partition coefficient (Wildman–Crippen LogP) is 3.08. The van der Waals surface area contributed by atoms with Crippen molar-refractivity contribution in [1.82, 2.24) is 20.0 Å². The molecule has 1 aliphatic rings. The molecular weight excluding hydrogens is 298 g/mol. The SMILES string of the molecule is CCNC(=NCCCc1cnn(C)c1)N(C)CC1CCC(C)CC1. The molecule has 0 atom stereocenters. The van der Waals surface area contributed by atoms with Crippen LogP contribution in [0.5, 0.6) is 0 Å². The van der Waals surface area contributed by atoms with Crippen molar-refractivity contribution in [3.05, 3.63) is 18.0 Å². The van der Waals surface area contributed by atoms with E-state index in [2.05, 4.69) is 42.4 Å². The molecule has 0 amide bonds. The largest absolute Gasteiger partial charge is 0.357 e. The second-order valence-electron chi connectivity index (χ2n) is 7.37. The van der Waals surface area contributed by atoms with E-state index in [1.165, 1.54) is 31.2 Å². The summed E-state index contributed by atoms with van der Waals surface area (Å²) in [5.41, 5.74) is 1.29. The average molecular weight is 334 g/mol. The van der Waals surface area contributed by atoms with Gasteiger partial charge in [-0.2, -0.15) is 5.10 Å². The van der Waals surface area contributed by atoms with Gasteiger partial charge in [-0.15, -0.1) is 0 Å². The van der Waals surface area contributed by atoms with Crippen LogP contribution in [0.15, 0.2) is 17.4 Å². The van der Waals surface area contributed by atoms with Crippen LogP contribution in [0.25, 0.3) is 0 Å². The molecule has 5 heteroatoms. The second kappa shape index (κ2) is 9.70. The number of aromatic nitrogens is 2. The van der Waals surface area contributed by atoms with E-state index in [0.717, 1.165) is 50.3 Å². The predicted molar refractivity (Wildman–Crippen MR) is 101 cm³/mol. The van der Waals surface area contributed by atoms with E-state index in [1.54, 1.807) is 0 Å². The summed E-state index contributed by atoms with van der Waals surface area (Å²) < 4.78 is 1.86. The highest BCUT2D eigenvalue weighted by atomic mass is 15.3. The maximum atomic E-state index is 4.82. The molecule has 1 fully saturated rings. The summed E-state index contributed by atoms with van der Waals surface area (Å²) in [6, 6.07) is 0. The molecular formula is C19H35N5. The molecule has 1 N–H and O–H groups in total. The number of nitrogens with one attached hydrogen (secondary N) is 1. The van der Waals surface area contributed by atoms with Crippen LogP contribution in [-0.4, -0.2) is 47.3 Å². The first kappa shape index (κ1) is 18.8. The van der Waals surface area contributed by atoms with Crippen molar-refractivity contribution < 1.29 is 0 Å². The minimum atomic E-state index is 0.824. The normalized spacial score (nSPS) is 21.8. The van der Waals surface area contributed by atoms with Crippen molar-refractivity contribution in [1.29, 1.82) is 0 Å². The van der Waals surface area contributed by atoms with Gasteiger partial charge in [-0.3, -0.25) is 9.67 Å². The molecule has 0 aromatic carbocycles. The first-order valence-corrected chi connectivity index (χ1v) is 9.55. The third-order valence-electron chi connectivity index (χ3n) is 5.01. The Kier molecular flexibility index (Phi) is 7.60. The molecule has 1 aromatic heterocycles. The summed E-state index contributed by atoms with van der Waals surface area (Å²) >= 11 is 0. The molecule has 2 rings (SSSR count). The Hall–Kier alpha value is -1.52. The molecule has 24 heavy (non-hydrogen) atoms. The molecule has 1 aliphatic carbocycles. The third-order valence-corrected chi connectivity index (χ3v) is 5.01. The van der Waals surface area contributed by atoms with Gasteiger partial charge in [0.05, 0.1) is 6.20 Å². The van der Waals surface area contributed by atoms with Crippen LogP contribution in [0.3, 0.4) is 0 Å². The van der Waals surface area contributed by atoms with Crippen LogP contribution >= 0.6 is 0 Å². The minimum Gasteiger partial charge on any atom is -0.357 e. The molecule has 0 aliphatic heterocycles. The zero-order chi connectivity index (χ0) is 17.4. The Balaban J connectivity index is 1.78. The van der Waals surface area contributed by atoms with Crippen LogP contribution < -0.4 is 5.32 Å². The number of aliphatic imine (C=N–C) groups is 1. The number of aryl methyl sites for hydroxylation is 2. The van der Waals surface area contributed by atoms with Crippen LogP contribution in [-0.2, 0) is 13.5 Å². The number of guanidine groups is 1. The zero-order valence-electron chi connectivity index (χ0n) is 16.0. The van der Waals surface area contributed by atoms with Crippen LogP contribution in [0, 0.1) is 11.8 Å². The van der Waals surface area contributed by atoms with Crippen molar-refractivity contribution in [2.45, 2.75) is 52.4 Å². The molecule has 1 saturated carbocycles. The first-order valence-electron chi connectivity index (χ1n) is 9.55. The van der Waals surface area contributed by atoms with E-state index in [1.807, 2.05) is 17.9 Å². The van der Waals surface area contributed by atoms with Gasteiger partial charge in [0.15, 0.2) is 5.96 Å². The summed E-state index contributed by atoms with van der Waals surface area (Å²) in [7, 11) is 4.15. The van der Waals surface area contributed by atoms with E-state index in [-0.39, 0.29) is 0 Å². The second-order valence-corrected chi connectivity index (χ2v) is 7.37. The van der Waals surface area contributed by atoms with E-state index in [4.69, 9.17) is 4.99 Å². The third kappa shape index (κ3) is 6.17. The topological polar surface area (TPSA) is 45.5 Å². The Morgan fingerprint density at radius 2 is 2.12 bits per heavy atom.